The molecular formula is C16H25FN2O2. The SMILES string of the molecule is CCNC(C)c1cc(F)ccc1OCCC(=O)NC(C)C. The summed E-state index contributed by atoms with van der Waals surface area (Å²) in [7, 11) is 0. The normalized spacial score (nSPS) is 12.3. The second kappa shape index (κ2) is 8.62. The minimum atomic E-state index is -0.292. The van der Waals surface area contributed by atoms with Crippen LogP contribution in [-0.2, 0) is 4.79 Å². The number of rotatable bonds is 8. The fraction of sp³-hybridized carbons (Fsp3) is 0.562. The first kappa shape index (κ1) is 17.4. The van der Waals surface area contributed by atoms with Gasteiger partial charge in [-0.2, -0.15) is 0 Å². The van der Waals surface area contributed by atoms with Gasteiger partial charge in [-0.05, 0) is 45.5 Å². The molecule has 5 heteroatoms. The summed E-state index contributed by atoms with van der Waals surface area (Å²) in [4.78, 5) is 11.6. The van der Waals surface area contributed by atoms with Gasteiger partial charge < -0.3 is 15.4 Å². The number of nitrogens with one attached hydrogen (secondary N) is 2. The van der Waals surface area contributed by atoms with Gasteiger partial charge in [0.05, 0.1) is 13.0 Å². The van der Waals surface area contributed by atoms with Crippen LogP contribution in [0.1, 0.15) is 45.7 Å². The standard InChI is InChI=1S/C16H25FN2O2/c1-5-18-12(4)14-10-13(17)6-7-15(14)21-9-8-16(20)19-11(2)3/h6-7,10-12,18H,5,8-9H2,1-4H3,(H,19,20). The minimum absolute atomic E-state index is 0.00908. The second-order valence-corrected chi connectivity index (χ2v) is 5.28. The van der Waals surface area contributed by atoms with E-state index in [0.717, 1.165) is 12.1 Å². The maximum Gasteiger partial charge on any atom is 0.223 e. The number of hydrogen-bond donors (Lipinski definition) is 2. The quantitative estimate of drug-likeness (QED) is 0.775. The van der Waals surface area contributed by atoms with Crippen LogP contribution < -0.4 is 15.4 Å². The fourth-order valence-corrected chi connectivity index (χ4v) is 2.05. The van der Waals surface area contributed by atoms with Gasteiger partial charge in [-0.3, -0.25) is 4.79 Å². The lowest BCUT2D eigenvalue weighted by Gasteiger charge is -2.18. The fourth-order valence-electron chi connectivity index (χ4n) is 2.05. The second-order valence-electron chi connectivity index (χ2n) is 5.28. The molecule has 0 aliphatic heterocycles. The van der Waals surface area contributed by atoms with E-state index in [0.29, 0.717) is 5.75 Å². The highest BCUT2D eigenvalue weighted by Crippen LogP contribution is 2.26. The van der Waals surface area contributed by atoms with E-state index in [4.69, 9.17) is 4.74 Å². The Hall–Kier alpha value is -1.62. The first-order valence-corrected chi connectivity index (χ1v) is 7.39. The van der Waals surface area contributed by atoms with Crippen molar-refractivity contribution in [1.29, 1.82) is 0 Å². The van der Waals surface area contributed by atoms with Crippen molar-refractivity contribution in [3.63, 3.8) is 0 Å². The van der Waals surface area contributed by atoms with Gasteiger partial charge in [0.15, 0.2) is 0 Å². The van der Waals surface area contributed by atoms with E-state index in [1.165, 1.54) is 12.1 Å². The van der Waals surface area contributed by atoms with E-state index in [1.807, 2.05) is 27.7 Å². The number of carbonyl (C=O) groups is 1. The first-order valence-electron chi connectivity index (χ1n) is 7.39. The van der Waals surface area contributed by atoms with Crippen LogP contribution in [-0.4, -0.2) is 25.1 Å². The smallest absolute Gasteiger partial charge is 0.223 e. The van der Waals surface area contributed by atoms with E-state index in [2.05, 4.69) is 10.6 Å². The number of carbonyl (C=O) groups excluding carboxylic acids is 1. The van der Waals surface area contributed by atoms with Crippen LogP contribution in [0.2, 0.25) is 0 Å². The van der Waals surface area contributed by atoms with Gasteiger partial charge in [-0.1, -0.05) is 6.92 Å². The molecule has 21 heavy (non-hydrogen) atoms. The lowest BCUT2D eigenvalue weighted by Crippen LogP contribution is -2.31. The van der Waals surface area contributed by atoms with Crippen LogP contribution >= 0.6 is 0 Å². The molecule has 0 radical (unpaired) electrons. The number of halogens is 1. The molecule has 0 aliphatic carbocycles. The third-order valence-corrected chi connectivity index (χ3v) is 2.99. The van der Waals surface area contributed by atoms with Gasteiger partial charge in [0.1, 0.15) is 11.6 Å². The Morgan fingerprint density at radius 1 is 1.33 bits per heavy atom. The van der Waals surface area contributed by atoms with Crippen LogP contribution in [0, 0.1) is 5.82 Å². The van der Waals surface area contributed by atoms with E-state index in [-0.39, 0.29) is 36.8 Å². The summed E-state index contributed by atoms with van der Waals surface area (Å²) in [6.45, 7) is 8.83. The molecule has 1 rings (SSSR count). The molecule has 0 aromatic heterocycles. The third-order valence-electron chi connectivity index (χ3n) is 2.99. The van der Waals surface area contributed by atoms with Gasteiger partial charge in [0.25, 0.3) is 0 Å². The number of benzene rings is 1. The average Bonchev–Trinajstić information content (AvgIpc) is 2.39. The zero-order valence-corrected chi connectivity index (χ0v) is 13.2. The van der Waals surface area contributed by atoms with Crippen LogP contribution in [0.3, 0.4) is 0 Å². The topological polar surface area (TPSA) is 50.4 Å². The summed E-state index contributed by atoms with van der Waals surface area (Å²) in [5.41, 5.74) is 0.765. The van der Waals surface area contributed by atoms with Gasteiger partial charge in [0, 0.05) is 17.6 Å². The summed E-state index contributed by atoms with van der Waals surface area (Å²) in [6, 6.07) is 4.55. The molecule has 0 saturated heterocycles. The highest BCUT2D eigenvalue weighted by atomic mass is 19.1. The Labute approximate surface area is 126 Å². The molecule has 0 spiro atoms. The third kappa shape index (κ3) is 6.12. The molecule has 1 aromatic rings. The monoisotopic (exact) mass is 296 g/mol. The van der Waals surface area contributed by atoms with E-state index in [9.17, 15) is 9.18 Å². The summed E-state index contributed by atoms with van der Waals surface area (Å²) in [6.07, 6.45) is 0.282. The van der Waals surface area contributed by atoms with Crippen molar-refractivity contribution in [3.05, 3.63) is 29.6 Å². The first-order chi connectivity index (χ1) is 9.93. The Kier molecular flexibility index (Phi) is 7.15. The molecule has 1 atom stereocenters. The molecule has 0 aliphatic rings. The molecule has 0 fully saturated rings. The van der Waals surface area contributed by atoms with Crippen LogP contribution in [0.25, 0.3) is 0 Å². The Bertz CT molecular complexity index is 464. The van der Waals surface area contributed by atoms with Crippen molar-refractivity contribution in [2.24, 2.45) is 0 Å². The van der Waals surface area contributed by atoms with Crippen molar-refractivity contribution >= 4 is 5.91 Å². The minimum Gasteiger partial charge on any atom is -0.493 e. The Balaban J connectivity index is 2.64. The molecule has 1 amide bonds. The van der Waals surface area contributed by atoms with Gasteiger partial charge >= 0.3 is 0 Å². The lowest BCUT2D eigenvalue weighted by molar-refractivity contribution is -0.122. The molecule has 1 unspecified atom stereocenters. The summed E-state index contributed by atoms with van der Waals surface area (Å²) >= 11 is 0. The highest BCUT2D eigenvalue weighted by molar-refractivity contribution is 5.76. The van der Waals surface area contributed by atoms with Gasteiger partial charge in [-0.25, -0.2) is 4.39 Å². The zero-order chi connectivity index (χ0) is 15.8. The van der Waals surface area contributed by atoms with Crippen LogP contribution in [0.5, 0.6) is 5.75 Å². The predicted octanol–water partition coefficient (Wildman–Crippen LogP) is 2.79. The Morgan fingerprint density at radius 2 is 2.05 bits per heavy atom. The van der Waals surface area contributed by atoms with Crippen molar-refractivity contribution in [2.45, 2.75) is 46.2 Å². The zero-order valence-electron chi connectivity index (χ0n) is 13.2. The Morgan fingerprint density at radius 3 is 2.67 bits per heavy atom. The van der Waals surface area contributed by atoms with Crippen molar-refractivity contribution < 1.29 is 13.9 Å². The highest BCUT2D eigenvalue weighted by Gasteiger charge is 2.13. The van der Waals surface area contributed by atoms with Gasteiger partial charge in [0.2, 0.25) is 5.91 Å². The number of amides is 1. The van der Waals surface area contributed by atoms with E-state index in [1.54, 1.807) is 6.07 Å². The summed E-state index contributed by atoms with van der Waals surface area (Å²) in [5, 5.41) is 6.03. The molecule has 0 bridgehead atoms. The summed E-state index contributed by atoms with van der Waals surface area (Å²) < 4.78 is 19.0. The van der Waals surface area contributed by atoms with Crippen LogP contribution in [0.15, 0.2) is 18.2 Å². The summed E-state index contributed by atoms with van der Waals surface area (Å²) in [5.74, 6) is 0.273. The lowest BCUT2D eigenvalue weighted by atomic mass is 10.1. The van der Waals surface area contributed by atoms with Gasteiger partial charge in [-0.15, -0.1) is 0 Å². The van der Waals surface area contributed by atoms with E-state index >= 15 is 0 Å². The van der Waals surface area contributed by atoms with Crippen molar-refractivity contribution in [1.82, 2.24) is 10.6 Å². The molecule has 4 nitrogen and oxygen atoms in total. The van der Waals surface area contributed by atoms with Crippen molar-refractivity contribution in [2.75, 3.05) is 13.2 Å². The molecule has 0 heterocycles. The maximum absolute atomic E-state index is 13.4. The molecule has 1 aromatic carbocycles. The van der Waals surface area contributed by atoms with Crippen LogP contribution in [0.4, 0.5) is 4.39 Å². The van der Waals surface area contributed by atoms with Crippen molar-refractivity contribution in [3.8, 4) is 5.75 Å². The largest absolute Gasteiger partial charge is 0.493 e. The predicted molar refractivity (Wildman–Crippen MR) is 81.9 cm³/mol. The maximum atomic E-state index is 13.4. The molecule has 0 saturated carbocycles. The molecule has 2 N–H and O–H groups in total. The number of ether oxygens (including phenoxy) is 1. The molecular weight excluding hydrogens is 271 g/mol. The number of hydrogen-bond acceptors (Lipinski definition) is 3. The average molecular weight is 296 g/mol. The molecule has 118 valence electrons. The van der Waals surface area contributed by atoms with E-state index < -0.39 is 0 Å².